The number of sulfonamides is 1. The number of nitrogens with zero attached hydrogens (tertiary/aromatic N) is 1. The summed E-state index contributed by atoms with van der Waals surface area (Å²) in [4.78, 5) is 2.35. The minimum absolute atomic E-state index is 0.129. The lowest BCUT2D eigenvalue weighted by molar-refractivity contribution is 0.580. The highest BCUT2D eigenvalue weighted by molar-refractivity contribution is 7.88. The summed E-state index contributed by atoms with van der Waals surface area (Å²) in [5.41, 5.74) is 2.73. The second kappa shape index (κ2) is 7.96. The fourth-order valence-electron chi connectivity index (χ4n) is 2.89. The fourth-order valence-corrected chi connectivity index (χ4v) is 4.32. The second-order valence-electron chi connectivity index (χ2n) is 6.19. The first kappa shape index (κ1) is 18.5. The van der Waals surface area contributed by atoms with Crippen LogP contribution in [0.3, 0.4) is 0 Å². The van der Waals surface area contributed by atoms with Crippen LogP contribution in [0.1, 0.15) is 24.0 Å². The molecule has 1 N–H and O–H groups in total. The zero-order valence-electron chi connectivity index (χ0n) is 13.7. The van der Waals surface area contributed by atoms with Crippen molar-refractivity contribution < 1.29 is 8.42 Å². The molecule has 0 bridgehead atoms. The monoisotopic (exact) mass is 398 g/mol. The molecule has 134 valence electrons. The SMILES string of the molecule is O=S(=O)(Cc1ccc(Cl)c(Cl)c1)NCc1ccc(N2CCCC2)cc1. The van der Waals surface area contributed by atoms with Crippen LogP contribution < -0.4 is 9.62 Å². The summed E-state index contributed by atoms with van der Waals surface area (Å²) < 4.78 is 27.1. The minimum Gasteiger partial charge on any atom is -0.372 e. The number of halogens is 2. The van der Waals surface area contributed by atoms with Gasteiger partial charge in [0.1, 0.15) is 0 Å². The summed E-state index contributed by atoms with van der Waals surface area (Å²) in [7, 11) is -3.45. The average Bonchev–Trinajstić information content (AvgIpc) is 3.11. The molecule has 1 aliphatic rings. The Labute approximate surface area is 158 Å². The molecule has 25 heavy (non-hydrogen) atoms. The Morgan fingerprint density at radius 2 is 1.56 bits per heavy atom. The van der Waals surface area contributed by atoms with Crippen LogP contribution in [0.4, 0.5) is 5.69 Å². The molecule has 0 radical (unpaired) electrons. The zero-order valence-corrected chi connectivity index (χ0v) is 16.0. The first-order chi connectivity index (χ1) is 11.9. The molecule has 0 aliphatic carbocycles. The first-order valence-electron chi connectivity index (χ1n) is 8.18. The Balaban J connectivity index is 1.58. The van der Waals surface area contributed by atoms with Gasteiger partial charge in [-0.15, -0.1) is 0 Å². The summed E-state index contributed by atoms with van der Waals surface area (Å²) in [5, 5.41) is 0.765. The van der Waals surface area contributed by atoms with Gasteiger partial charge in [0.25, 0.3) is 0 Å². The molecule has 1 fully saturated rings. The highest BCUT2D eigenvalue weighted by Crippen LogP contribution is 2.23. The van der Waals surface area contributed by atoms with Crippen molar-refractivity contribution in [3.05, 3.63) is 63.6 Å². The van der Waals surface area contributed by atoms with E-state index in [1.807, 2.05) is 24.3 Å². The molecule has 4 nitrogen and oxygen atoms in total. The van der Waals surface area contributed by atoms with E-state index in [1.165, 1.54) is 18.5 Å². The van der Waals surface area contributed by atoms with Crippen LogP contribution in [0, 0.1) is 0 Å². The van der Waals surface area contributed by atoms with Crippen LogP contribution >= 0.6 is 23.2 Å². The maximum atomic E-state index is 12.3. The molecule has 0 atom stereocenters. The highest BCUT2D eigenvalue weighted by Gasteiger charge is 2.14. The van der Waals surface area contributed by atoms with Crippen LogP contribution in [-0.4, -0.2) is 21.5 Å². The van der Waals surface area contributed by atoms with Crippen molar-refractivity contribution in [2.75, 3.05) is 18.0 Å². The normalized spacial score (nSPS) is 14.9. The summed E-state index contributed by atoms with van der Waals surface area (Å²) in [6.45, 7) is 2.45. The Kier molecular flexibility index (Phi) is 5.89. The van der Waals surface area contributed by atoms with Gasteiger partial charge in [0.05, 0.1) is 15.8 Å². The molecular formula is C18H20Cl2N2O2S. The number of anilines is 1. The predicted octanol–water partition coefficient (Wildman–Crippen LogP) is 4.21. The lowest BCUT2D eigenvalue weighted by Crippen LogP contribution is -2.24. The van der Waals surface area contributed by atoms with Crippen molar-refractivity contribution in [2.24, 2.45) is 0 Å². The molecule has 3 rings (SSSR count). The molecule has 0 amide bonds. The molecule has 0 aromatic heterocycles. The third kappa shape index (κ3) is 5.11. The van der Waals surface area contributed by atoms with Crippen molar-refractivity contribution in [1.29, 1.82) is 0 Å². The Morgan fingerprint density at radius 3 is 2.20 bits per heavy atom. The van der Waals surface area contributed by atoms with Gasteiger partial charge in [-0.3, -0.25) is 0 Å². The van der Waals surface area contributed by atoms with Gasteiger partial charge >= 0.3 is 0 Å². The molecule has 0 saturated carbocycles. The number of nitrogens with one attached hydrogen (secondary N) is 1. The van der Waals surface area contributed by atoms with Crippen LogP contribution in [0.15, 0.2) is 42.5 Å². The first-order valence-corrected chi connectivity index (χ1v) is 10.6. The lowest BCUT2D eigenvalue weighted by Gasteiger charge is -2.17. The van der Waals surface area contributed by atoms with E-state index in [0.29, 0.717) is 15.6 Å². The number of benzene rings is 2. The van der Waals surface area contributed by atoms with Crippen molar-refractivity contribution in [2.45, 2.75) is 25.1 Å². The van der Waals surface area contributed by atoms with Gasteiger partial charge in [0.15, 0.2) is 0 Å². The molecule has 1 heterocycles. The summed E-state index contributed by atoms with van der Waals surface area (Å²) in [6, 6.07) is 12.9. The number of hydrogen-bond acceptors (Lipinski definition) is 3. The second-order valence-corrected chi connectivity index (χ2v) is 8.81. The van der Waals surface area contributed by atoms with E-state index < -0.39 is 10.0 Å². The zero-order chi connectivity index (χ0) is 17.9. The minimum atomic E-state index is -3.45. The van der Waals surface area contributed by atoms with E-state index in [1.54, 1.807) is 18.2 Å². The number of hydrogen-bond donors (Lipinski definition) is 1. The van der Waals surface area contributed by atoms with E-state index in [9.17, 15) is 8.42 Å². The van der Waals surface area contributed by atoms with Crippen molar-refractivity contribution in [3.63, 3.8) is 0 Å². The van der Waals surface area contributed by atoms with Gasteiger partial charge in [-0.25, -0.2) is 13.1 Å². The van der Waals surface area contributed by atoms with Gasteiger partial charge in [-0.1, -0.05) is 41.4 Å². The van der Waals surface area contributed by atoms with E-state index in [0.717, 1.165) is 18.7 Å². The smallest absolute Gasteiger partial charge is 0.216 e. The largest absolute Gasteiger partial charge is 0.372 e. The molecule has 2 aromatic carbocycles. The van der Waals surface area contributed by atoms with Crippen LogP contribution in [-0.2, 0) is 22.3 Å². The maximum absolute atomic E-state index is 12.3. The molecule has 1 aliphatic heterocycles. The standard InChI is InChI=1S/C18H20Cl2N2O2S/c19-17-8-5-15(11-18(17)20)13-25(23,24)21-12-14-3-6-16(7-4-14)22-9-1-2-10-22/h3-8,11,21H,1-2,9-10,12-13H2. The Morgan fingerprint density at radius 1 is 0.920 bits per heavy atom. The van der Waals surface area contributed by atoms with Crippen LogP contribution in [0.5, 0.6) is 0 Å². The van der Waals surface area contributed by atoms with E-state index >= 15 is 0 Å². The Bertz CT molecular complexity index is 833. The highest BCUT2D eigenvalue weighted by atomic mass is 35.5. The molecule has 7 heteroatoms. The van der Waals surface area contributed by atoms with E-state index in [2.05, 4.69) is 9.62 Å². The van der Waals surface area contributed by atoms with Crippen molar-refractivity contribution >= 4 is 38.9 Å². The van der Waals surface area contributed by atoms with Gasteiger partial charge in [0.2, 0.25) is 10.0 Å². The molecular weight excluding hydrogens is 379 g/mol. The van der Waals surface area contributed by atoms with Crippen molar-refractivity contribution in [3.8, 4) is 0 Å². The number of rotatable bonds is 6. The van der Waals surface area contributed by atoms with Gasteiger partial charge in [-0.05, 0) is 48.2 Å². The third-order valence-electron chi connectivity index (χ3n) is 4.24. The average molecular weight is 399 g/mol. The van der Waals surface area contributed by atoms with E-state index in [-0.39, 0.29) is 12.3 Å². The Hall–Kier alpha value is -1.27. The van der Waals surface area contributed by atoms with Crippen LogP contribution in [0.2, 0.25) is 10.0 Å². The molecule has 0 unspecified atom stereocenters. The predicted molar refractivity (Wildman–Crippen MR) is 104 cm³/mol. The summed E-state index contributed by atoms with van der Waals surface area (Å²) in [6.07, 6.45) is 2.46. The maximum Gasteiger partial charge on any atom is 0.216 e. The fraction of sp³-hybridized carbons (Fsp3) is 0.333. The van der Waals surface area contributed by atoms with Gasteiger partial charge < -0.3 is 4.90 Å². The molecule has 2 aromatic rings. The van der Waals surface area contributed by atoms with Crippen LogP contribution in [0.25, 0.3) is 0 Å². The van der Waals surface area contributed by atoms with Gasteiger partial charge in [-0.2, -0.15) is 0 Å². The summed E-state index contributed by atoms with van der Waals surface area (Å²) >= 11 is 11.8. The topological polar surface area (TPSA) is 49.4 Å². The lowest BCUT2D eigenvalue weighted by atomic mass is 10.2. The summed E-state index contributed by atoms with van der Waals surface area (Å²) in [5.74, 6) is -0.129. The van der Waals surface area contributed by atoms with Gasteiger partial charge in [0, 0.05) is 25.3 Å². The van der Waals surface area contributed by atoms with E-state index in [4.69, 9.17) is 23.2 Å². The molecule has 1 saturated heterocycles. The quantitative estimate of drug-likeness (QED) is 0.792. The molecule has 0 spiro atoms. The third-order valence-corrected chi connectivity index (χ3v) is 6.28. The van der Waals surface area contributed by atoms with Crippen molar-refractivity contribution in [1.82, 2.24) is 4.72 Å².